The minimum atomic E-state index is -3.12. The molecule has 1 aliphatic rings. The van der Waals surface area contributed by atoms with Crippen LogP contribution in [0.15, 0.2) is 0 Å². The molecule has 0 amide bonds. The molecule has 0 spiro atoms. The highest BCUT2D eigenvalue weighted by Gasteiger charge is 2.18. The molecule has 0 saturated heterocycles. The molecule has 0 unspecified atom stereocenters. The fourth-order valence-electron chi connectivity index (χ4n) is 2.06. The Hall–Kier alpha value is -1.21. The lowest BCUT2D eigenvalue weighted by molar-refractivity contribution is 0.598. The van der Waals surface area contributed by atoms with E-state index in [2.05, 4.69) is 15.4 Å². The Morgan fingerprint density at radius 2 is 2.00 bits per heavy atom. The van der Waals surface area contributed by atoms with E-state index in [1.54, 1.807) is 0 Å². The van der Waals surface area contributed by atoms with Gasteiger partial charge in [-0.05, 0) is 25.7 Å². The zero-order valence-corrected chi connectivity index (χ0v) is 10.5. The van der Waals surface area contributed by atoms with E-state index in [1.807, 2.05) is 0 Å². The Morgan fingerprint density at radius 1 is 1.29 bits per heavy atom. The molecule has 17 heavy (non-hydrogen) atoms. The molecule has 0 aliphatic heterocycles. The number of nitrogens with zero attached hydrogens (tertiary/aromatic N) is 2. The molecular weight excluding hydrogens is 240 g/mol. The molecule has 3 N–H and O–H groups in total. The number of rotatable bonds is 3. The maximum Gasteiger partial charge on any atom is 0.154 e. The van der Waals surface area contributed by atoms with Crippen LogP contribution in [0.1, 0.15) is 29.9 Å². The minimum absolute atomic E-state index is 0.144. The molecule has 0 atom stereocenters. The SMILES string of the molecule is CS(=O)(=O)Cc1nc2c(c(NN)n1)CCCC2. The first kappa shape index (κ1) is 12.3. The number of aromatic nitrogens is 2. The summed E-state index contributed by atoms with van der Waals surface area (Å²) in [5, 5.41) is 0. The summed E-state index contributed by atoms with van der Waals surface area (Å²) in [7, 11) is -3.12. The zero-order chi connectivity index (χ0) is 12.5. The molecule has 1 heterocycles. The number of nitrogens with one attached hydrogen (secondary N) is 1. The van der Waals surface area contributed by atoms with Crippen LogP contribution in [0.4, 0.5) is 5.82 Å². The average molecular weight is 256 g/mol. The van der Waals surface area contributed by atoms with Gasteiger partial charge in [0.05, 0.1) is 0 Å². The van der Waals surface area contributed by atoms with Crippen molar-refractivity contribution in [1.82, 2.24) is 9.97 Å². The molecule has 0 saturated carbocycles. The molecule has 0 aromatic carbocycles. The molecule has 6 nitrogen and oxygen atoms in total. The quantitative estimate of drug-likeness (QED) is 0.591. The maximum absolute atomic E-state index is 11.2. The number of sulfone groups is 1. The van der Waals surface area contributed by atoms with Crippen LogP contribution >= 0.6 is 0 Å². The molecule has 1 aromatic heterocycles. The van der Waals surface area contributed by atoms with Gasteiger partial charge in [-0.25, -0.2) is 24.2 Å². The van der Waals surface area contributed by atoms with Gasteiger partial charge < -0.3 is 5.43 Å². The van der Waals surface area contributed by atoms with Crippen LogP contribution in [0.25, 0.3) is 0 Å². The van der Waals surface area contributed by atoms with Crippen molar-refractivity contribution in [2.45, 2.75) is 31.4 Å². The molecule has 2 rings (SSSR count). The summed E-state index contributed by atoms with van der Waals surface area (Å²) >= 11 is 0. The second-order valence-electron chi connectivity index (χ2n) is 4.34. The number of nitrogen functional groups attached to an aromatic ring is 1. The second-order valence-corrected chi connectivity index (χ2v) is 6.48. The first-order valence-electron chi connectivity index (χ1n) is 5.52. The summed E-state index contributed by atoms with van der Waals surface area (Å²) in [5.74, 6) is 6.16. The Balaban J connectivity index is 2.42. The Morgan fingerprint density at radius 3 is 2.65 bits per heavy atom. The monoisotopic (exact) mass is 256 g/mol. The number of hydrogen-bond acceptors (Lipinski definition) is 6. The van der Waals surface area contributed by atoms with Crippen molar-refractivity contribution in [3.63, 3.8) is 0 Å². The minimum Gasteiger partial charge on any atom is -0.308 e. The average Bonchev–Trinajstić information content (AvgIpc) is 2.25. The zero-order valence-electron chi connectivity index (χ0n) is 9.73. The number of hydrazine groups is 1. The largest absolute Gasteiger partial charge is 0.308 e. The topological polar surface area (TPSA) is 98.0 Å². The summed E-state index contributed by atoms with van der Waals surface area (Å²) < 4.78 is 22.5. The van der Waals surface area contributed by atoms with Gasteiger partial charge in [0, 0.05) is 17.5 Å². The van der Waals surface area contributed by atoms with Crippen LogP contribution in [0.5, 0.6) is 0 Å². The van der Waals surface area contributed by atoms with Gasteiger partial charge in [-0.15, -0.1) is 0 Å². The fraction of sp³-hybridized carbons (Fsp3) is 0.600. The van der Waals surface area contributed by atoms with Crippen LogP contribution in [-0.2, 0) is 28.4 Å². The van der Waals surface area contributed by atoms with E-state index >= 15 is 0 Å². The van der Waals surface area contributed by atoms with E-state index in [0.29, 0.717) is 11.6 Å². The number of fused-ring (bicyclic) bond motifs is 1. The highest BCUT2D eigenvalue weighted by Crippen LogP contribution is 2.25. The van der Waals surface area contributed by atoms with Crippen LogP contribution in [0, 0.1) is 0 Å². The van der Waals surface area contributed by atoms with Gasteiger partial charge in [0.15, 0.2) is 9.84 Å². The van der Waals surface area contributed by atoms with Crippen LogP contribution in [0.2, 0.25) is 0 Å². The van der Waals surface area contributed by atoms with Crippen LogP contribution in [-0.4, -0.2) is 24.6 Å². The van der Waals surface area contributed by atoms with E-state index in [4.69, 9.17) is 5.84 Å². The number of aryl methyl sites for hydroxylation is 1. The predicted molar refractivity (Wildman–Crippen MR) is 65.0 cm³/mol. The summed E-state index contributed by atoms with van der Waals surface area (Å²) in [6.07, 6.45) is 5.10. The van der Waals surface area contributed by atoms with Crippen molar-refractivity contribution in [2.24, 2.45) is 5.84 Å². The van der Waals surface area contributed by atoms with E-state index in [0.717, 1.165) is 36.9 Å². The lowest BCUT2D eigenvalue weighted by Crippen LogP contribution is -2.19. The highest BCUT2D eigenvalue weighted by atomic mass is 32.2. The van der Waals surface area contributed by atoms with Crippen molar-refractivity contribution in [2.75, 3.05) is 11.7 Å². The van der Waals surface area contributed by atoms with Gasteiger partial charge in [0.25, 0.3) is 0 Å². The maximum atomic E-state index is 11.2. The second kappa shape index (κ2) is 4.58. The van der Waals surface area contributed by atoms with Crippen LogP contribution < -0.4 is 11.3 Å². The lowest BCUT2D eigenvalue weighted by Gasteiger charge is -2.18. The first-order chi connectivity index (χ1) is 7.99. The summed E-state index contributed by atoms with van der Waals surface area (Å²) in [6.45, 7) is 0. The third kappa shape index (κ3) is 2.92. The Bertz CT molecular complexity index is 510. The van der Waals surface area contributed by atoms with E-state index < -0.39 is 9.84 Å². The molecule has 7 heteroatoms. The molecule has 1 aliphatic carbocycles. The van der Waals surface area contributed by atoms with Crippen molar-refractivity contribution in [3.8, 4) is 0 Å². The summed E-state index contributed by atoms with van der Waals surface area (Å²) in [6, 6.07) is 0. The smallest absolute Gasteiger partial charge is 0.154 e. The first-order valence-corrected chi connectivity index (χ1v) is 7.58. The Labute approximate surface area is 101 Å². The number of anilines is 1. The molecule has 0 bridgehead atoms. The van der Waals surface area contributed by atoms with Crippen molar-refractivity contribution in [3.05, 3.63) is 17.1 Å². The molecule has 0 fully saturated rings. The van der Waals surface area contributed by atoms with Crippen LogP contribution in [0.3, 0.4) is 0 Å². The summed E-state index contributed by atoms with van der Waals surface area (Å²) in [4.78, 5) is 8.48. The predicted octanol–water partition coefficient (Wildman–Crippen LogP) is 0.186. The van der Waals surface area contributed by atoms with Gasteiger partial charge in [0.1, 0.15) is 17.4 Å². The standard InChI is InChI=1S/C10H16N4O2S/c1-17(15,16)6-9-12-8-5-3-2-4-7(8)10(13-9)14-11/h2-6,11H2,1H3,(H,12,13,14). The van der Waals surface area contributed by atoms with Gasteiger partial charge in [-0.1, -0.05) is 0 Å². The van der Waals surface area contributed by atoms with Crippen molar-refractivity contribution < 1.29 is 8.42 Å². The molecule has 94 valence electrons. The van der Waals surface area contributed by atoms with Gasteiger partial charge in [0.2, 0.25) is 0 Å². The normalized spacial score (nSPS) is 15.4. The third-order valence-corrected chi connectivity index (χ3v) is 3.54. The van der Waals surface area contributed by atoms with Crippen molar-refractivity contribution in [1.29, 1.82) is 0 Å². The van der Waals surface area contributed by atoms with Gasteiger partial charge in [-0.2, -0.15) is 0 Å². The van der Waals surface area contributed by atoms with E-state index in [9.17, 15) is 8.42 Å². The van der Waals surface area contributed by atoms with E-state index in [1.165, 1.54) is 6.26 Å². The molecular formula is C10H16N4O2S. The van der Waals surface area contributed by atoms with Gasteiger partial charge >= 0.3 is 0 Å². The molecule has 0 radical (unpaired) electrons. The number of hydrogen-bond donors (Lipinski definition) is 2. The third-order valence-electron chi connectivity index (χ3n) is 2.76. The van der Waals surface area contributed by atoms with Crippen molar-refractivity contribution >= 4 is 15.7 Å². The lowest BCUT2D eigenvalue weighted by atomic mass is 9.96. The fourth-order valence-corrected chi connectivity index (χ4v) is 2.66. The van der Waals surface area contributed by atoms with E-state index in [-0.39, 0.29) is 5.75 Å². The summed E-state index contributed by atoms with van der Waals surface area (Å²) in [5.41, 5.74) is 4.49. The highest BCUT2D eigenvalue weighted by molar-refractivity contribution is 7.89. The number of nitrogens with two attached hydrogens (primary N) is 1. The molecule has 1 aromatic rings. The van der Waals surface area contributed by atoms with Gasteiger partial charge in [-0.3, -0.25) is 0 Å². The Kier molecular flexibility index (Phi) is 3.30.